The molecular formula is C30H37N5O2. The van der Waals surface area contributed by atoms with E-state index in [1.807, 2.05) is 71.8 Å². The maximum atomic E-state index is 13.1. The van der Waals surface area contributed by atoms with E-state index in [0.717, 1.165) is 47.3 Å². The molecule has 3 aromatic heterocycles. The second-order valence-corrected chi connectivity index (χ2v) is 11.2. The molecule has 0 spiro atoms. The number of aromatic nitrogens is 4. The molecule has 0 aromatic carbocycles. The van der Waals surface area contributed by atoms with Crippen LogP contribution in [0.25, 0.3) is 11.4 Å². The van der Waals surface area contributed by atoms with Gasteiger partial charge in [0.25, 0.3) is 0 Å². The summed E-state index contributed by atoms with van der Waals surface area (Å²) in [6.45, 7) is 11.8. The molecule has 1 aliphatic carbocycles. The number of allylic oxidation sites excluding steroid dienone is 1. The lowest BCUT2D eigenvalue weighted by atomic mass is 9.88. The minimum absolute atomic E-state index is 0.0103. The first-order valence-corrected chi connectivity index (χ1v) is 12.9. The number of aryl methyl sites for hydroxylation is 2. The molecule has 0 aliphatic heterocycles. The number of Topliss-reactive ketones (excluding diaryl/α,β-unsaturated/α-hetero) is 1. The lowest BCUT2D eigenvalue weighted by Gasteiger charge is -2.35. The second-order valence-electron chi connectivity index (χ2n) is 11.2. The van der Waals surface area contributed by atoms with Crippen LogP contribution in [0.5, 0.6) is 0 Å². The molecule has 1 aliphatic rings. The van der Waals surface area contributed by atoms with Gasteiger partial charge in [-0.25, -0.2) is 9.67 Å². The van der Waals surface area contributed by atoms with Crippen LogP contribution in [-0.2, 0) is 11.2 Å². The number of pyridine rings is 2. The van der Waals surface area contributed by atoms with Crippen molar-refractivity contribution in [2.24, 2.45) is 5.41 Å². The molecule has 4 rings (SSSR count). The lowest BCUT2D eigenvalue weighted by molar-refractivity contribution is -0.140. The Morgan fingerprint density at radius 3 is 2.43 bits per heavy atom. The van der Waals surface area contributed by atoms with Crippen LogP contribution in [-0.4, -0.2) is 49.4 Å². The molecule has 194 valence electrons. The highest BCUT2D eigenvalue weighted by Crippen LogP contribution is 2.31. The first-order chi connectivity index (χ1) is 17.5. The molecular weight excluding hydrogens is 462 g/mol. The second kappa shape index (κ2) is 10.4. The van der Waals surface area contributed by atoms with Crippen molar-refractivity contribution in [2.75, 3.05) is 7.05 Å². The third-order valence-corrected chi connectivity index (χ3v) is 7.12. The summed E-state index contributed by atoms with van der Waals surface area (Å²) in [6.07, 6.45) is 10.3. The maximum Gasteiger partial charge on any atom is 0.227 e. The van der Waals surface area contributed by atoms with Crippen molar-refractivity contribution in [3.8, 4) is 5.82 Å². The van der Waals surface area contributed by atoms with E-state index in [4.69, 9.17) is 4.98 Å². The monoisotopic (exact) mass is 499 g/mol. The summed E-state index contributed by atoms with van der Waals surface area (Å²) in [4.78, 5) is 36.8. The summed E-state index contributed by atoms with van der Waals surface area (Å²) in [5.74, 6) is 0.880. The Kier molecular flexibility index (Phi) is 7.44. The summed E-state index contributed by atoms with van der Waals surface area (Å²) in [7, 11) is 1.91. The van der Waals surface area contributed by atoms with Gasteiger partial charge in [0.05, 0.1) is 23.1 Å². The molecule has 7 heteroatoms. The van der Waals surface area contributed by atoms with E-state index in [1.54, 1.807) is 17.1 Å². The topological polar surface area (TPSA) is 81.0 Å². The van der Waals surface area contributed by atoms with E-state index in [1.165, 1.54) is 5.57 Å². The van der Waals surface area contributed by atoms with Gasteiger partial charge in [0.2, 0.25) is 5.91 Å². The van der Waals surface area contributed by atoms with Crippen molar-refractivity contribution >= 4 is 17.3 Å². The van der Waals surface area contributed by atoms with Crippen molar-refractivity contribution in [1.82, 2.24) is 24.6 Å². The minimum Gasteiger partial charge on any atom is -0.342 e. The van der Waals surface area contributed by atoms with Gasteiger partial charge in [0.1, 0.15) is 0 Å². The number of hydrogen-bond acceptors (Lipinski definition) is 5. The standard InChI is InChI=1S/C30H37N5O2/c1-19-8-13-27(31-16-19)35-21(3)25(18-33-35)26(36)15-22-14-20(2)28(32-17-22)23-9-11-24(12-10-23)34(7)29(37)30(4,5)6/h8-9,13-14,16-18,24H,10-12,15H2,1-7H3. The van der Waals surface area contributed by atoms with Crippen molar-refractivity contribution in [1.29, 1.82) is 0 Å². The Labute approximate surface area is 219 Å². The Morgan fingerprint density at radius 1 is 1.08 bits per heavy atom. The molecule has 0 saturated carbocycles. The van der Waals surface area contributed by atoms with Crippen LogP contribution in [0.3, 0.4) is 0 Å². The van der Waals surface area contributed by atoms with Gasteiger partial charge >= 0.3 is 0 Å². The highest BCUT2D eigenvalue weighted by molar-refractivity contribution is 5.98. The molecule has 0 saturated heterocycles. The van der Waals surface area contributed by atoms with Crippen molar-refractivity contribution in [2.45, 2.75) is 73.3 Å². The van der Waals surface area contributed by atoms with Gasteiger partial charge in [-0.05, 0) is 68.4 Å². The molecule has 3 heterocycles. The predicted octanol–water partition coefficient (Wildman–Crippen LogP) is 5.45. The third kappa shape index (κ3) is 5.71. The Morgan fingerprint density at radius 2 is 1.84 bits per heavy atom. The van der Waals surface area contributed by atoms with Gasteiger partial charge < -0.3 is 4.90 Å². The Bertz CT molecular complexity index is 1350. The number of carbonyl (C=O) groups is 2. The molecule has 0 fully saturated rings. The van der Waals surface area contributed by atoms with Gasteiger partial charge in [0, 0.05) is 37.3 Å². The fraction of sp³-hybridized carbons (Fsp3) is 0.433. The average Bonchev–Trinajstić information content (AvgIpc) is 3.24. The van der Waals surface area contributed by atoms with E-state index in [-0.39, 0.29) is 29.6 Å². The third-order valence-electron chi connectivity index (χ3n) is 7.12. The zero-order valence-corrected chi connectivity index (χ0v) is 23.0. The van der Waals surface area contributed by atoms with Gasteiger partial charge in [-0.2, -0.15) is 5.10 Å². The molecule has 37 heavy (non-hydrogen) atoms. The van der Waals surface area contributed by atoms with Gasteiger partial charge in [0.15, 0.2) is 11.6 Å². The van der Waals surface area contributed by atoms with Crippen LogP contribution in [0.2, 0.25) is 0 Å². The predicted molar refractivity (Wildman–Crippen MR) is 146 cm³/mol. The van der Waals surface area contributed by atoms with Crippen LogP contribution in [0.15, 0.2) is 42.9 Å². The van der Waals surface area contributed by atoms with E-state index < -0.39 is 0 Å². The number of carbonyl (C=O) groups excluding carboxylic acids is 2. The van der Waals surface area contributed by atoms with Crippen molar-refractivity contribution in [3.63, 3.8) is 0 Å². The first-order valence-electron chi connectivity index (χ1n) is 12.9. The molecule has 7 nitrogen and oxygen atoms in total. The van der Waals surface area contributed by atoms with E-state index in [9.17, 15) is 9.59 Å². The van der Waals surface area contributed by atoms with Crippen LogP contribution >= 0.6 is 0 Å². The number of rotatable bonds is 6. The van der Waals surface area contributed by atoms with E-state index in [0.29, 0.717) is 11.4 Å². The van der Waals surface area contributed by atoms with Gasteiger partial charge in [-0.15, -0.1) is 0 Å². The smallest absolute Gasteiger partial charge is 0.227 e. The molecule has 3 aromatic rings. The molecule has 0 N–H and O–H groups in total. The SMILES string of the molecule is Cc1ccc(-n2ncc(C(=O)Cc3cnc(C4=CCC(N(C)C(=O)C(C)(C)C)CC4)c(C)c3)c2C)nc1. The zero-order chi connectivity index (χ0) is 26.9. The summed E-state index contributed by atoms with van der Waals surface area (Å²) in [5, 5.41) is 4.40. The zero-order valence-electron chi connectivity index (χ0n) is 23.0. The van der Waals surface area contributed by atoms with Crippen LogP contribution in [0, 0.1) is 26.2 Å². The molecule has 1 amide bonds. The number of hydrogen-bond donors (Lipinski definition) is 0. The molecule has 0 bridgehead atoms. The van der Waals surface area contributed by atoms with Crippen LogP contribution in [0.1, 0.15) is 78.5 Å². The highest BCUT2D eigenvalue weighted by atomic mass is 16.2. The summed E-state index contributed by atoms with van der Waals surface area (Å²) >= 11 is 0. The number of ketones is 1. The van der Waals surface area contributed by atoms with Crippen LogP contribution in [0.4, 0.5) is 0 Å². The highest BCUT2D eigenvalue weighted by Gasteiger charge is 2.30. The normalized spacial score (nSPS) is 15.9. The first kappa shape index (κ1) is 26.5. The fourth-order valence-electron chi connectivity index (χ4n) is 4.93. The minimum atomic E-state index is -0.376. The summed E-state index contributed by atoms with van der Waals surface area (Å²) < 4.78 is 1.70. The molecule has 1 unspecified atom stereocenters. The summed E-state index contributed by atoms with van der Waals surface area (Å²) in [5.41, 5.74) is 6.21. The number of amides is 1. The number of nitrogens with zero attached hydrogens (tertiary/aromatic N) is 5. The van der Waals surface area contributed by atoms with Crippen molar-refractivity contribution in [3.05, 3.63) is 76.5 Å². The van der Waals surface area contributed by atoms with Crippen LogP contribution < -0.4 is 0 Å². The molecule has 0 radical (unpaired) electrons. The molecule has 1 atom stereocenters. The largest absolute Gasteiger partial charge is 0.342 e. The Hall–Kier alpha value is -3.61. The van der Waals surface area contributed by atoms with Gasteiger partial charge in [-0.3, -0.25) is 14.6 Å². The van der Waals surface area contributed by atoms with Gasteiger partial charge in [-0.1, -0.05) is 39.0 Å². The fourth-order valence-corrected chi connectivity index (χ4v) is 4.93. The maximum absolute atomic E-state index is 13.1. The summed E-state index contributed by atoms with van der Waals surface area (Å²) in [6, 6.07) is 6.15. The van der Waals surface area contributed by atoms with E-state index >= 15 is 0 Å². The van der Waals surface area contributed by atoms with Crippen molar-refractivity contribution < 1.29 is 9.59 Å². The van der Waals surface area contributed by atoms with E-state index in [2.05, 4.69) is 22.2 Å². The lowest BCUT2D eigenvalue weighted by Crippen LogP contribution is -2.43. The Balaban J connectivity index is 1.44. The average molecular weight is 500 g/mol. The quantitative estimate of drug-likeness (QED) is 0.421.